The predicted octanol–water partition coefficient (Wildman–Crippen LogP) is 3.13. The number of amides is 1. The number of fused-ring (bicyclic) bond motifs is 1. The molecule has 10 heteroatoms. The third kappa shape index (κ3) is 7.09. The first kappa shape index (κ1) is 26.7. The molecule has 0 saturated carbocycles. The average Bonchev–Trinajstić information content (AvgIpc) is 3.20. The summed E-state index contributed by atoms with van der Waals surface area (Å²) in [6.07, 6.45) is 5.33. The lowest BCUT2D eigenvalue weighted by Crippen LogP contribution is -2.34. The predicted molar refractivity (Wildman–Crippen MR) is 145 cm³/mol. The molecule has 0 atom stereocenters. The van der Waals surface area contributed by atoms with Gasteiger partial charge >= 0.3 is 11.7 Å². The number of hydrogen-bond acceptors (Lipinski definition) is 7. The number of ether oxygens (including phenoxy) is 1. The van der Waals surface area contributed by atoms with E-state index in [9.17, 15) is 9.59 Å². The van der Waals surface area contributed by atoms with Crippen molar-refractivity contribution in [1.29, 1.82) is 0 Å². The minimum atomic E-state index is -0.225. The van der Waals surface area contributed by atoms with Crippen LogP contribution >= 0.6 is 0 Å². The Hall–Kier alpha value is -3.40. The molecule has 3 heterocycles. The molecule has 37 heavy (non-hydrogen) atoms. The van der Waals surface area contributed by atoms with Gasteiger partial charge in [-0.05, 0) is 55.8 Å². The molecular weight excluding hydrogens is 470 g/mol. The summed E-state index contributed by atoms with van der Waals surface area (Å²) in [6.45, 7) is 8.46. The van der Waals surface area contributed by atoms with Gasteiger partial charge in [-0.1, -0.05) is 37.6 Å². The zero-order valence-electron chi connectivity index (χ0n) is 22.2. The number of rotatable bonds is 12. The monoisotopic (exact) mass is 509 g/mol. The molecule has 200 valence electrons. The van der Waals surface area contributed by atoms with Crippen molar-refractivity contribution in [3.63, 3.8) is 0 Å². The molecule has 0 unspecified atom stereocenters. The summed E-state index contributed by atoms with van der Waals surface area (Å²) in [5, 5.41) is 5.94. The Bertz CT molecular complexity index is 1230. The van der Waals surface area contributed by atoms with Crippen LogP contribution < -0.4 is 21.1 Å². The van der Waals surface area contributed by atoms with Gasteiger partial charge in [0.05, 0.1) is 13.2 Å². The molecule has 0 spiro atoms. The standard InChI is InChI=1S/C27H39N7O3/c1-4-5-16-37-26-31-24(28-3)23-25(32-26)34(27(36)30-23)18-22-8-6-21(7-9-22)17-33-14-11-20(12-15-33)10-13-29-19(2)35/h6-9,20H,4-5,10-18H2,1-3H3,(H,29,35)(H,30,36)(H,28,31,32). The summed E-state index contributed by atoms with van der Waals surface area (Å²) in [4.78, 5) is 38.1. The summed E-state index contributed by atoms with van der Waals surface area (Å²) in [7, 11) is 1.76. The summed E-state index contributed by atoms with van der Waals surface area (Å²) in [5.74, 6) is 1.28. The highest BCUT2D eigenvalue weighted by Crippen LogP contribution is 2.23. The Morgan fingerprint density at radius 1 is 1.14 bits per heavy atom. The van der Waals surface area contributed by atoms with Crippen LogP contribution in [0.4, 0.5) is 5.82 Å². The summed E-state index contributed by atoms with van der Waals surface area (Å²) >= 11 is 0. The molecule has 0 aliphatic carbocycles. The van der Waals surface area contributed by atoms with Crippen molar-refractivity contribution in [3.05, 3.63) is 45.9 Å². The number of aromatic nitrogens is 4. The van der Waals surface area contributed by atoms with Gasteiger partial charge in [-0.3, -0.25) is 14.3 Å². The molecule has 1 fully saturated rings. The number of nitrogens with zero attached hydrogens (tertiary/aromatic N) is 4. The van der Waals surface area contributed by atoms with E-state index in [1.807, 2.05) is 0 Å². The third-order valence-electron chi connectivity index (χ3n) is 6.97. The number of carbonyl (C=O) groups excluding carboxylic acids is 1. The van der Waals surface area contributed by atoms with Gasteiger partial charge in [0.1, 0.15) is 5.52 Å². The van der Waals surface area contributed by atoms with Crippen molar-refractivity contribution in [1.82, 2.24) is 29.7 Å². The van der Waals surface area contributed by atoms with E-state index in [1.54, 1.807) is 18.5 Å². The molecule has 10 nitrogen and oxygen atoms in total. The maximum Gasteiger partial charge on any atom is 0.328 e. The van der Waals surface area contributed by atoms with Crippen LogP contribution in [0.2, 0.25) is 0 Å². The maximum absolute atomic E-state index is 12.8. The molecule has 3 N–H and O–H groups in total. The largest absolute Gasteiger partial charge is 0.463 e. The Morgan fingerprint density at radius 3 is 2.49 bits per heavy atom. The number of imidazole rings is 1. The third-order valence-corrected chi connectivity index (χ3v) is 6.97. The number of H-pyrrole nitrogens is 1. The molecule has 1 amide bonds. The Labute approximate surface area is 217 Å². The molecule has 0 radical (unpaired) electrons. The number of hydrogen-bond donors (Lipinski definition) is 3. The number of unbranched alkanes of at least 4 members (excludes halogenated alkanes) is 1. The lowest BCUT2D eigenvalue weighted by molar-refractivity contribution is -0.119. The number of anilines is 1. The van der Waals surface area contributed by atoms with Crippen LogP contribution in [0.5, 0.6) is 6.01 Å². The van der Waals surface area contributed by atoms with Crippen molar-refractivity contribution in [2.24, 2.45) is 5.92 Å². The lowest BCUT2D eigenvalue weighted by Gasteiger charge is -2.32. The summed E-state index contributed by atoms with van der Waals surface area (Å²) < 4.78 is 7.35. The van der Waals surface area contributed by atoms with Crippen molar-refractivity contribution in [2.75, 3.05) is 38.6 Å². The molecule has 1 aliphatic heterocycles. The van der Waals surface area contributed by atoms with E-state index < -0.39 is 0 Å². The van der Waals surface area contributed by atoms with Gasteiger partial charge < -0.3 is 20.4 Å². The van der Waals surface area contributed by atoms with Crippen LogP contribution in [-0.4, -0.2) is 63.6 Å². The molecule has 4 rings (SSSR count). The van der Waals surface area contributed by atoms with E-state index in [2.05, 4.69) is 61.7 Å². The van der Waals surface area contributed by atoms with Gasteiger partial charge in [0.15, 0.2) is 11.5 Å². The second kappa shape index (κ2) is 12.7. The molecule has 3 aromatic rings. The van der Waals surface area contributed by atoms with Crippen LogP contribution in [0.3, 0.4) is 0 Å². The fourth-order valence-electron chi connectivity index (χ4n) is 4.79. The quantitative estimate of drug-likeness (QED) is 0.321. The first-order valence-corrected chi connectivity index (χ1v) is 13.3. The van der Waals surface area contributed by atoms with Crippen LogP contribution in [-0.2, 0) is 17.9 Å². The van der Waals surface area contributed by atoms with Crippen LogP contribution in [0.25, 0.3) is 11.2 Å². The minimum absolute atomic E-state index is 0.0487. The van der Waals surface area contributed by atoms with Crippen LogP contribution in [0.1, 0.15) is 57.1 Å². The topological polar surface area (TPSA) is 117 Å². The summed E-state index contributed by atoms with van der Waals surface area (Å²) in [6, 6.07) is 8.72. The highest BCUT2D eigenvalue weighted by atomic mass is 16.5. The summed E-state index contributed by atoms with van der Waals surface area (Å²) in [5.41, 5.74) is 3.17. The van der Waals surface area contributed by atoms with Gasteiger partial charge in [0, 0.05) is 27.1 Å². The van der Waals surface area contributed by atoms with E-state index in [1.165, 1.54) is 18.4 Å². The first-order valence-electron chi connectivity index (χ1n) is 13.3. The Balaban J connectivity index is 1.38. The van der Waals surface area contributed by atoms with E-state index >= 15 is 0 Å². The molecule has 2 aromatic heterocycles. The first-order chi connectivity index (χ1) is 18.0. The fraction of sp³-hybridized carbons (Fsp3) is 0.556. The molecule has 0 bridgehead atoms. The molecular formula is C27H39N7O3. The second-order valence-corrected chi connectivity index (χ2v) is 9.83. The van der Waals surface area contributed by atoms with Crippen LogP contribution in [0.15, 0.2) is 29.1 Å². The van der Waals surface area contributed by atoms with E-state index in [4.69, 9.17) is 4.74 Å². The average molecular weight is 510 g/mol. The van der Waals surface area contributed by atoms with Gasteiger partial charge in [-0.25, -0.2) is 4.79 Å². The number of likely N-dealkylation sites (tertiary alicyclic amines) is 1. The number of nitrogens with one attached hydrogen (secondary N) is 3. The van der Waals surface area contributed by atoms with Gasteiger partial charge in [0.25, 0.3) is 0 Å². The van der Waals surface area contributed by atoms with Crippen molar-refractivity contribution in [3.8, 4) is 6.01 Å². The smallest absolute Gasteiger partial charge is 0.328 e. The number of benzene rings is 1. The van der Waals surface area contributed by atoms with Crippen molar-refractivity contribution >= 4 is 22.9 Å². The maximum atomic E-state index is 12.8. The SMILES string of the molecule is CCCCOc1nc(NC)c2[nH]c(=O)n(Cc3ccc(CN4CCC(CCNC(C)=O)CC4)cc3)c2n1. The highest BCUT2D eigenvalue weighted by Gasteiger charge is 2.19. The van der Waals surface area contributed by atoms with Crippen molar-refractivity contribution < 1.29 is 9.53 Å². The Morgan fingerprint density at radius 2 is 1.84 bits per heavy atom. The zero-order chi connectivity index (χ0) is 26.2. The number of aromatic amines is 1. The van der Waals surface area contributed by atoms with Crippen LogP contribution in [0, 0.1) is 5.92 Å². The minimum Gasteiger partial charge on any atom is -0.463 e. The number of piperidine rings is 1. The lowest BCUT2D eigenvalue weighted by atomic mass is 9.93. The van der Waals surface area contributed by atoms with E-state index in [-0.39, 0.29) is 17.6 Å². The molecule has 1 aromatic carbocycles. The van der Waals surface area contributed by atoms with Crippen molar-refractivity contribution in [2.45, 2.75) is 59.0 Å². The van der Waals surface area contributed by atoms with E-state index in [0.29, 0.717) is 36.1 Å². The van der Waals surface area contributed by atoms with E-state index in [0.717, 1.165) is 51.0 Å². The molecule has 1 saturated heterocycles. The highest BCUT2D eigenvalue weighted by molar-refractivity contribution is 5.83. The Kier molecular flexibility index (Phi) is 9.16. The normalized spacial score (nSPS) is 14.7. The van der Waals surface area contributed by atoms with Gasteiger partial charge in [-0.15, -0.1) is 0 Å². The van der Waals surface area contributed by atoms with Gasteiger partial charge in [0.2, 0.25) is 5.91 Å². The second-order valence-electron chi connectivity index (χ2n) is 9.83. The number of carbonyl (C=O) groups is 1. The fourth-order valence-corrected chi connectivity index (χ4v) is 4.79. The zero-order valence-corrected chi connectivity index (χ0v) is 22.2. The van der Waals surface area contributed by atoms with Gasteiger partial charge in [-0.2, -0.15) is 9.97 Å². The molecule has 1 aliphatic rings.